The number of rotatable bonds is 9. The second kappa shape index (κ2) is 7.62. The zero-order valence-electron chi connectivity index (χ0n) is 14.6. The number of hydrogen-bond acceptors (Lipinski definition) is 3. The van der Waals surface area contributed by atoms with E-state index in [0.29, 0.717) is 18.4 Å². The van der Waals surface area contributed by atoms with E-state index >= 15 is 0 Å². The van der Waals surface area contributed by atoms with Gasteiger partial charge in [0, 0.05) is 0 Å². The Bertz CT molecular complexity index is 341. The van der Waals surface area contributed by atoms with Crippen molar-refractivity contribution in [3.63, 3.8) is 0 Å². The zero-order chi connectivity index (χ0) is 16.1. The van der Waals surface area contributed by atoms with Gasteiger partial charge < -0.3 is 9.84 Å². The summed E-state index contributed by atoms with van der Waals surface area (Å²) in [5, 5.41) is 10.4. The van der Waals surface area contributed by atoms with E-state index in [1.54, 1.807) is 0 Å². The Morgan fingerprint density at radius 2 is 2.14 bits per heavy atom. The maximum Gasteiger partial charge on any atom is 0.311 e. The summed E-state index contributed by atoms with van der Waals surface area (Å²) in [7, 11) is 0. The van der Waals surface area contributed by atoms with Crippen LogP contribution in [0.5, 0.6) is 0 Å². The van der Waals surface area contributed by atoms with Gasteiger partial charge in [0.25, 0.3) is 0 Å². The molecule has 3 heteroatoms. The lowest BCUT2D eigenvalue weighted by molar-refractivity contribution is -0.156. The van der Waals surface area contributed by atoms with E-state index in [4.69, 9.17) is 4.74 Å². The van der Waals surface area contributed by atoms with Crippen LogP contribution < -0.4 is 0 Å². The molecule has 1 fully saturated rings. The topological polar surface area (TPSA) is 46.5 Å². The molecule has 0 aromatic carbocycles. The van der Waals surface area contributed by atoms with Crippen LogP contribution in [0, 0.1) is 17.3 Å². The van der Waals surface area contributed by atoms with Crippen molar-refractivity contribution >= 4 is 5.97 Å². The van der Waals surface area contributed by atoms with Crippen molar-refractivity contribution in [2.24, 2.45) is 17.3 Å². The van der Waals surface area contributed by atoms with Crippen LogP contribution in [0.2, 0.25) is 0 Å². The van der Waals surface area contributed by atoms with Crippen LogP contribution in [0.1, 0.15) is 79.6 Å². The molecule has 0 aliphatic heterocycles. The summed E-state index contributed by atoms with van der Waals surface area (Å²) in [6.07, 6.45) is 6.42. The van der Waals surface area contributed by atoms with Crippen LogP contribution in [-0.2, 0) is 9.53 Å². The minimum absolute atomic E-state index is 0.0604. The average Bonchev–Trinajstić information content (AvgIpc) is 2.45. The molecule has 0 saturated heterocycles. The highest BCUT2D eigenvalue weighted by Crippen LogP contribution is 2.43. The first kappa shape index (κ1) is 18.5. The van der Waals surface area contributed by atoms with Crippen LogP contribution in [0.25, 0.3) is 0 Å². The molecule has 1 rings (SSSR count). The Morgan fingerprint density at radius 3 is 2.57 bits per heavy atom. The van der Waals surface area contributed by atoms with Crippen molar-refractivity contribution < 1.29 is 14.6 Å². The van der Waals surface area contributed by atoms with Gasteiger partial charge in [-0.3, -0.25) is 4.79 Å². The summed E-state index contributed by atoms with van der Waals surface area (Å²) in [5.41, 5.74) is -0.803. The first-order valence-electron chi connectivity index (χ1n) is 8.67. The molecule has 1 N–H and O–H groups in total. The van der Waals surface area contributed by atoms with Crippen LogP contribution in [0.3, 0.4) is 0 Å². The Balaban J connectivity index is 2.30. The lowest BCUT2D eigenvalue weighted by atomic mass is 9.66. The third-order valence-corrected chi connectivity index (χ3v) is 5.55. The number of carbonyl (C=O) groups is 1. The maximum atomic E-state index is 12.2. The van der Waals surface area contributed by atoms with Gasteiger partial charge in [-0.2, -0.15) is 0 Å². The van der Waals surface area contributed by atoms with Crippen molar-refractivity contribution in [2.45, 2.75) is 85.2 Å². The van der Waals surface area contributed by atoms with Gasteiger partial charge in [0.1, 0.15) is 0 Å². The summed E-state index contributed by atoms with van der Waals surface area (Å²) in [6, 6.07) is 0. The Labute approximate surface area is 130 Å². The molecule has 1 saturated carbocycles. The molecule has 124 valence electrons. The molecule has 4 atom stereocenters. The number of ether oxygens (including phenoxy) is 1. The van der Waals surface area contributed by atoms with E-state index in [0.717, 1.165) is 44.9 Å². The molecular weight excluding hydrogens is 264 g/mol. The summed E-state index contributed by atoms with van der Waals surface area (Å²) in [6.45, 7) is 10.9. The molecule has 4 unspecified atom stereocenters. The standard InChI is InChI=1S/C18H34O3/c1-6-10-17(5,7-2)16(19)21-12-9-14(3)13-18(20)11-8-15(18)4/h14-15,20H,6-13H2,1-5H3. The highest BCUT2D eigenvalue weighted by molar-refractivity contribution is 5.76. The second-order valence-corrected chi connectivity index (χ2v) is 7.44. The predicted molar refractivity (Wildman–Crippen MR) is 86.0 cm³/mol. The highest BCUT2D eigenvalue weighted by atomic mass is 16.5. The Kier molecular flexibility index (Phi) is 6.71. The van der Waals surface area contributed by atoms with Crippen molar-refractivity contribution in [2.75, 3.05) is 6.61 Å². The lowest BCUT2D eigenvalue weighted by Gasteiger charge is -2.45. The summed E-state index contributed by atoms with van der Waals surface area (Å²) in [4.78, 5) is 12.2. The van der Waals surface area contributed by atoms with E-state index in [2.05, 4.69) is 20.8 Å². The normalized spacial score (nSPS) is 29.3. The number of carbonyl (C=O) groups excluding carboxylic acids is 1. The number of esters is 1. The van der Waals surface area contributed by atoms with Crippen LogP contribution in [0.15, 0.2) is 0 Å². The quantitative estimate of drug-likeness (QED) is 0.645. The van der Waals surface area contributed by atoms with Gasteiger partial charge in [-0.15, -0.1) is 0 Å². The highest BCUT2D eigenvalue weighted by Gasteiger charge is 2.42. The molecule has 1 aliphatic rings. The van der Waals surface area contributed by atoms with E-state index in [1.165, 1.54) is 0 Å². The van der Waals surface area contributed by atoms with Crippen molar-refractivity contribution in [1.29, 1.82) is 0 Å². The molecule has 0 heterocycles. The first-order valence-corrected chi connectivity index (χ1v) is 8.67. The smallest absolute Gasteiger partial charge is 0.311 e. The second-order valence-electron chi connectivity index (χ2n) is 7.44. The molecule has 1 aliphatic carbocycles. The van der Waals surface area contributed by atoms with E-state index in [-0.39, 0.29) is 11.4 Å². The number of aliphatic hydroxyl groups is 1. The van der Waals surface area contributed by atoms with Crippen molar-refractivity contribution in [3.05, 3.63) is 0 Å². The van der Waals surface area contributed by atoms with Crippen molar-refractivity contribution in [3.8, 4) is 0 Å². The fourth-order valence-electron chi connectivity index (χ4n) is 3.28. The fourth-order valence-corrected chi connectivity index (χ4v) is 3.28. The number of hydrogen-bond donors (Lipinski definition) is 1. The third kappa shape index (κ3) is 4.70. The minimum Gasteiger partial charge on any atom is -0.465 e. The molecule has 0 spiro atoms. The van der Waals surface area contributed by atoms with Gasteiger partial charge in [0.15, 0.2) is 0 Å². The molecule has 21 heavy (non-hydrogen) atoms. The van der Waals surface area contributed by atoms with Crippen LogP contribution in [-0.4, -0.2) is 23.3 Å². The van der Waals surface area contributed by atoms with Crippen molar-refractivity contribution in [1.82, 2.24) is 0 Å². The van der Waals surface area contributed by atoms with Gasteiger partial charge >= 0.3 is 5.97 Å². The molecule has 0 bridgehead atoms. The molecule has 0 aromatic rings. The molecule has 3 nitrogen and oxygen atoms in total. The van der Waals surface area contributed by atoms with Gasteiger partial charge in [0.2, 0.25) is 0 Å². The molecule has 0 aromatic heterocycles. The fraction of sp³-hybridized carbons (Fsp3) is 0.944. The average molecular weight is 298 g/mol. The molecular formula is C18H34O3. The monoisotopic (exact) mass is 298 g/mol. The lowest BCUT2D eigenvalue weighted by Crippen LogP contribution is -2.46. The van der Waals surface area contributed by atoms with E-state index < -0.39 is 5.60 Å². The van der Waals surface area contributed by atoms with Gasteiger partial charge in [-0.25, -0.2) is 0 Å². The Hall–Kier alpha value is -0.570. The minimum atomic E-state index is -0.469. The Morgan fingerprint density at radius 1 is 1.48 bits per heavy atom. The van der Waals surface area contributed by atoms with E-state index in [1.807, 2.05) is 13.8 Å². The maximum absolute atomic E-state index is 12.2. The summed E-state index contributed by atoms with van der Waals surface area (Å²) >= 11 is 0. The van der Waals surface area contributed by atoms with Crippen LogP contribution in [0.4, 0.5) is 0 Å². The van der Waals surface area contributed by atoms with Crippen LogP contribution >= 0.6 is 0 Å². The summed E-state index contributed by atoms with van der Waals surface area (Å²) in [5.74, 6) is 0.745. The largest absolute Gasteiger partial charge is 0.465 e. The SMILES string of the molecule is CCCC(C)(CC)C(=O)OCCC(C)CC1(O)CCC1C. The van der Waals surface area contributed by atoms with Gasteiger partial charge in [-0.05, 0) is 57.3 Å². The predicted octanol–water partition coefficient (Wildman–Crippen LogP) is 4.32. The van der Waals surface area contributed by atoms with E-state index in [9.17, 15) is 9.90 Å². The molecule has 0 radical (unpaired) electrons. The zero-order valence-corrected chi connectivity index (χ0v) is 14.6. The van der Waals surface area contributed by atoms with Gasteiger partial charge in [0.05, 0.1) is 17.6 Å². The van der Waals surface area contributed by atoms with Gasteiger partial charge in [-0.1, -0.05) is 34.1 Å². The first-order chi connectivity index (χ1) is 9.77. The third-order valence-electron chi connectivity index (χ3n) is 5.55. The molecule has 0 amide bonds. The summed E-state index contributed by atoms with van der Waals surface area (Å²) < 4.78 is 5.49.